The number of carbonyl (C=O) groups excluding carboxylic acids is 1. The molecular weight excluding hydrogens is 156 g/mol. The van der Waals surface area contributed by atoms with E-state index in [0.29, 0.717) is 5.56 Å². The van der Waals surface area contributed by atoms with E-state index in [1.165, 1.54) is 0 Å². The molecule has 0 amide bonds. The Morgan fingerprint density at radius 2 is 2.58 bits per heavy atom. The second-order valence-electron chi connectivity index (χ2n) is 2.25. The fourth-order valence-corrected chi connectivity index (χ4v) is 0.849. The molecule has 1 aromatic rings. The largest absolute Gasteiger partial charge is 0.447 e. The van der Waals surface area contributed by atoms with Crippen LogP contribution in [0.4, 0.5) is 0 Å². The van der Waals surface area contributed by atoms with Crippen molar-refractivity contribution < 1.29 is 9.53 Å². The number of ether oxygens (including phenoxy) is 1. The summed E-state index contributed by atoms with van der Waals surface area (Å²) in [7, 11) is 0. The quantitative estimate of drug-likeness (QED) is 0.663. The molecule has 0 unspecified atom stereocenters. The third kappa shape index (κ3) is 1.64. The van der Waals surface area contributed by atoms with Crippen LogP contribution in [0.5, 0.6) is 0 Å². The van der Waals surface area contributed by atoms with E-state index in [1.807, 2.05) is 0 Å². The standard InChI is InChI=1S/C8H8N2O2/c1-6-7(2-4-10-6)8(11)12-5-3-9/h2,4,10H,5H2,1H3. The van der Waals surface area contributed by atoms with Crippen molar-refractivity contribution in [3.8, 4) is 6.07 Å². The van der Waals surface area contributed by atoms with Crippen molar-refractivity contribution in [3.05, 3.63) is 23.5 Å². The fourth-order valence-electron chi connectivity index (χ4n) is 0.849. The Bertz CT molecular complexity index is 322. The van der Waals surface area contributed by atoms with Crippen molar-refractivity contribution in [1.29, 1.82) is 5.26 Å². The van der Waals surface area contributed by atoms with Crippen LogP contribution in [-0.2, 0) is 4.74 Å². The molecule has 0 saturated heterocycles. The predicted molar refractivity (Wildman–Crippen MR) is 41.4 cm³/mol. The zero-order valence-corrected chi connectivity index (χ0v) is 6.63. The summed E-state index contributed by atoms with van der Waals surface area (Å²) in [5.74, 6) is -0.463. The molecule has 1 N–H and O–H groups in total. The van der Waals surface area contributed by atoms with E-state index < -0.39 is 5.97 Å². The first-order chi connectivity index (χ1) is 5.75. The highest BCUT2D eigenvalue weighted by atomic mass is 16.5. The molecule has 4 heteroatoms. The van der Waals surface area contributed by atoms with Gasteiger partial charge < -0.3 is 9.72 Å². The first-order valence-corrected chi connectivity index (χ1v) is 3.43. The molecule has 0 fully saturated rings. The summed E-state index contributed by atoms with van der Waals surface area (Å²) in [6.07, 6.45) is 1.65. The summed E-state index contributed by atoms with van der Waals surface area (Å²) in [5, 5.41) is 8.15. The third-order valence-electron chi connectivity index (χ3n) is 1.44. The predicted octanol–water partition coefficient (Wildman–Crippen LogP) is 1.00. The molecule has 0 aromatic carbocycles. The maximum Gasteiger partial charge on any atom is 0.340 e. The van der Waals surface area contributed by atoms with Crippen molar-refractivity contribution in [1.82, 2.24) is 4.98 Å². The van der Waals surface area contributed by atoms with Crippen molar-refractivity contribution in [2.24, 2.45) is 0 Å². The molecule has 0 spiro atoms. The fraction of sp³-hybridized carbons (Fsp3) is 0.250. The smallest absolute Gasteiger partial charge is 0.340 e. The molecule has 0 aliphatic carbocycles. The average Bonchev–Trinajstić information content (AvgIpc) is 2.47. The third-order valence-corrected chi connectivity index (χ3v) is 1.44. The Morgan fingerprint density at radius 3 is 3.08 bits per heavy atom. The molecule has 0 radical (unpaired) electrons. The Kier molecular flexibility index (Phi) is 2.49. The molecule has 0 aliphatic rings. The molecule has 0 bridgehead atoms. The zero-order chi connectivity index (χ0) is 8.97. The molecule has 1 heterocycles. The number of nitrogens with zero attached hydrogens (tertiary/aromatic N) is 1. The number of nitriles is 1. The van der Waals surface area contributed by atoms with Crippen molar-refractivity contribution in [3.63, 3.8) is 0 Å². The summed E-state index contributed by atoms with van der Waals surface area (Å²) in [6, 6.07) is 3.35. The van der Waals surface area contributed by atoms with Gasteiger partial charge in [0.25, 0.3) is 0 Å². The van der Waals surface area contributed by atoms with E-state index in [1.54, 1.807) is 25.3 Å². The Hall–Kier alpha value is -1.76. The number of hydrogen-bond donors (Lipinski definition) is 1. The average molecular weight is 164 g/mol. The summed E-state index contributed by atoms with van der Waals surface area (Å²) >= 11 is 0. The van der Waals surface area contributed by atoms with E-state index in [-0.39, 0.29) is 6.61 Å². The van der Waals surface area contributed by atoms with Gasteiger partial charge in [0, 0.05) is 11.9 Å². The van der Waals surface area contributed by atoms with Gasteiger partial charge in [-0.2, -0.15) is 5.26 Å². The molecular formula is C8H8N2O2. The molecule has 0 saturated carbocycles. The highest BCUT2D eigenvalue weighted by Gasteiger charge is 2.09. The normalized spacial score (nSPS) is 9.00. The van der Waals surface area contributed by atoms with Crippen LogP contribution in [0.3, 0.4) is 0 Å². The lowest BCUT2D eigenvalue weighted by Crippen LogP contribution is -2.05. The zero-order valence-electron chi connectivity index (χ0n) is 6.63. The van der Waals surface area contributed by atoms with E-state index in [0.717, 1.165) is 5.69 Å². The lowest BCUT2D eigenvalue weighted by atomic mass is 10.3. The number of aromatic amines is 1. The highest BCUT2D eigenvalue weighted by molar-refractivity contribution is 5.90. The van der Waals surface area contributed by atoms with Gasteiger partial charge in [-0.25, -0.2) is 4.79 Å². The van der Waals surface area contributed by atoms with E-state index in [2.05, 4.69) is 9.72 Å². The molecule has 1 aromatic heterocycles. The van der Waals surface area contributed by atoms with E-state index >= 15 is 0 Å². The van der Waals surface area contributed by atoms with Gasteiger partial charge in [-0.3, -0.25) is 0 Å². The number of rotatable bonds is 2. The molecule has 1 rings (SSSR count). The lowest BCUT2D eigenvalue weighted by Gasteiger charge is -1.97. The number of aryl methyl sites for hydroxylation is 1. The van der Waals surface area contributed by atoms with Crippen LogP contribution in [0.1, 0.15) is 16.1 Å². The van der Waals surface area contributed by atoms with Gasteiger partial charge in [0.05, 0.1) is 5.56 Å². The minimum Gasteiger partial charge on any atom is -0.447 e. The number of carbonyl (C=O) groups is 1. The van der Waals surface area contributed by atoms with Gasteiger partial charge in [0.15, 0.2) is 6.61 Å². The minimum atomic E-state index is -0.463. The number of H-pyrrole nitrogens is 1. The first kappa shape index (κ1) is 8.34. The molecule has 12 heavy (non-hydrogen) atoms. The van der Waals surface area contributed by atoms with Crippen LogP contribution >= 0.6 is 0 Å². The van der Waals surface area contributed by atoms with Crippen molar-refractivity contribution in [2.45, 2.75) is 6.92 Å². The highest BCUT2D eigenvalue weighted by Crippen LogP contribution is 2.05. The Morgan fingerprint density at radius 1 is 1.83 bits per heavy atom. The Balaban J connectivity index is 2.67. The monoisotopic (exact) mass is 164 g/mol. The number of aromatic nitrogens is 1. The summed E-state index contributed by atoms with van der Waals surface area (Å²) in [4.78, 5) is 13.9. The van der Waals surface area contributed by atoms with Crippen LogP contribution in [0, 0.1) is 18.3 Å². The summed E-state index contributed by atoms with van der Waals surface area (Å²) in [5.41, 5.74) is 1.23. The maximum absolute atomic E-state index is 11.1. The minimum absolute atomic E-state index is 0.205. The lowest BCUT2D eigenvalue weighted by molar-refractivity contribution is 0.0554. The molecule has 0 aliphatic heterocycles. The second-order valence-corrected chi connectivity index (χ2v) is 2.25. The van der Waals surface area contributed by atoms with Crippen molar-refractivity contribution in [2.75, 3.05) is 6.61 Å². The molecule has 0 atom stereocenters. The van der Waals surface area contributed by atoms with Crippen molar-refractivity contribution >= 4 is 5.97 Å². The van der Waals surface area contributed by atoms with Crippen LogP contribution in [0.25, 0.3) is 0 Å². The van der Waals surface area contributed by atoms with Crippen LogP contribution < -0.4 is 0 Å². The number of nitrogens with one attached hydrogen (secondary N) is 1. The van der Waals surface area contributed by atoms with Gasteiger partial charge in [-0.15, -0.1) is 0 Å². The van der Waals surface area contributed by atoms with Gasteiger partial charge >= 0.3 is 5.97 Å². The van der Waals surface area contributed by atoms with Crippen LogP contribution in [-0.4, -0.2) is 17.6 Å². The van der Waals surface area contributed by atoms with Gasteiger partial charge in [-0.05, 0) is 13.0 Å². The first-order valence-electron chi connectivity index (χ1n) is 3.43. The van der Waals surface area contributed by atoms with Crippen LogP contribution in [0.2, 0.25) is 0 Å². The Labute approximate surface area is 69.8 Å². The van der Waals surface area contributed by atoms with Gasteiger partial charge in [0.1, 0.15) is 6.07 Å². The maximum atomic E-state index is 11.1. The topological polar surface area (TPSA) is 65.9 Å². The number of esters is 1. The second kappa shape index (κ2) is 3.58. The molecule has 62 valence electrons. The van der Waals surface area contributed by atoms with Gasteiger partial charge in [0.2, 0.25) is 0 Å². The van der Waals surface area contributed by atoms with Gasteiger partial charge in [-0.1, -0.05) is 0 Å². The van der Waals surface area contributed by atoms with Crippen LogP contribution in [0.15, 0.2) is 12.3 Å². The molecule has 4 nitrogen and oxygen atoms in total. The number of hydrogen-bond acceptors (Lipinski definition) is 3. The van der Waals surface area contributed by atoms with E-state index in [9.17, 15) is 4.79 Å². The summed E-state index contributed by atoms with van der Waals surface area (Å²) < 4.78 is 4.60. The SMILES string of the molecule is Cc1[nH]ccc1C(=O)OCC#N. The van der Waals surface area contributed by atoms with E-state index in [4.69, 9.17) is 5.26 Å². The summed E-state index contributed by atoms with van der Waals surface area (Å²) in [6.45, 7) is 1.56.